The predicted molar refractivity (Wildman–Crippen MR) is 60.4 cm³/mol. The Morgan fingerprint density at radius 3 is 2.40 bits per heavy atom. The van der Waals surface area contributed by atoms with E-state index in [0.717, 1.165) is 26.2 Å². The number of nitrogens with zero attached hydrogens (tertiary/aromatic N) is 2. The van der Waals surface area contributed by atoms with Gasteiger partial charge < -0.3 is 5.32 Å². The van der Waals surface area contributed by atoms with E-state index in [0.29, 0.717) is 5.92 Å². The monoisotopic (exact) mass is 207 g/mol. The van der Waals surface area contributed by atoms with Gasteiger partial charge in [0, 0.05) is 26.2 Å². The molecule has 0 bridgehead atoms. The quantitative estimate of drug-likeness (QED) is 0.743. The van der Waals surface area contributed by atoms with Crippen molar-refractivity contribution in [3.8, 4) is 6.07 Å². The highest BCUT2D eigenvalue weighted by molar-refractivity contribution is 4.98. The maximum atomic E-state index is 9.32. The molecule has 3 heteroatoms. The highest BCUT2D eigenvalue weighted by Crippen LogP contribution is 2.28. The van der Waals surface area contributed by atoms with Crippen LogP contribution in [0.5, 0.6) is 0 Å². The lowest BCUT2D eigenvalue weighted by Crippen LogP contribution is -2.50. The predicted octanol–water partition coefficient (Wildman–Crippen LogP) is 1.36. The number of nitrogens with one attached hydrogen (secondary N) is 1. The van der Waals surface area contributed by atoms with Gasteiger partial charge in [-0.15, -0.1) is 0 Å². The normalized spacial score (nSPS) is 27.1. The van der Waals surface area contributed by atoms with Gasteiger partial charge in [-0.3, -0.25) is 4.90 Å². The van der Waals surface area contributed by atoms with E-state index in [9.17, 15) is 5.26 Å². The summed E-state index contributed by atoms with van der Waals surface area (Å²) < 4.78 is 0. The molecule has 0 aromatic heterocycles. The molecule has 2 rings (SSSR count). The molecule has 1 unspecified atom stereocenters. The zero-order chi connectivity index (χ0) is 10.5. The largest absolute Gasteiger partial charge is 0.314 e. The van der Waals surface area contributed by atoms with Crippen LogP contribution in [0.3, 0.4) is 0 Å². The second-order valence-electron chi connectivity index (χ2n) is 4.76. The molecule has 15 heavy (non-hydrogen) atoms. The molecular formula is C12H21N3. The van der Waals surface area contributed by atoms with Gasteiger partial charge in [-0.05, 0) is 18.8 Å². The van der Waals surface area contributed by atoms with Crippen LogP contribution in [0.1, 0.15) is 32.1 Å². The highest BCUT2D eigenvalue weighted by atomic mass is 15.2. The molecule has 1 saturated heterocycles. The van der Waals surface area contributed by atoms with Gasteiger partial charge in [0.2, 0.25) is 0 Å². The standard InChI is InChI=1S/C12H21N3/c13-10-12(11-4-2-1-3-5-11)15-8-6-14-7-9-15/h11-12,14H,1-9H2. The van der Waals surface area contributed by atoms with E-state index in [1.165, 1.54) is 32.1 Å². The third kappa shape index (κ3) is 2.70. The van der Waals surface area contributed by atoms with E-state index in [-0.39, 0.29) is 6.04 Å². The lowest BCUT2D eigenvalue weighted by Gasteiger charge is -2.36. The van der Waals surface area contributed by atoms with Crippen LogP contribution in [0, 0.1) is 17.2 Å². The second-order valence-corrected chi connectivity index (χ2v) is 4.76. The summed E-state index contributed by atoms with van der Waals surface area (Å²) in [4.78, 5) is 2.38. The van der Waals surface area contributed by atoms with E-state index in [1.807, 2.05) is 0 Å². The van der Waals surface area contributed by atoms with Crippen molar-refractivity contribution in [3.05, 3.63) is 0 Å². The molecule has 2 fully saturated rings. The summed E-state index contributed by atoms with van der Waals surface area (Å²) in [5, 5.41) is 12.7. The van der Waals surface area contributed by atoms with Crippen LogP contribution in [0.4, 0.5) is 0 Å². The zero-order valence-corrected chi connectivity index (χ0v) is 9.41. The Balaban J connectivity index is 1.92. The fraction of sp³-hybridized carbons (Fsp3) is 0.917. The topological polar surface area (TPSA) is 39.1 Å². The molecule has 0 radical (unpaired) electrons. The van der Waals surface area contributed by atoms with Crippen molar-refractivity contribution < 1.29 is 0 Å². The number of rotatable bonds is 2. The Morgan fingerprint density at radius 2 is 1.80 bits per heavy atom. The molecule has 0 amide bonds. The molecular weight excluding hydrogens is 186 g/mol. The lowest BCUT2D eigenvalue weighted by molar-refractivity contribution is 0.139. The van der Waals surface area contributed by atoms with Crippen molar-refractivity contribution in [3.63, 3.8) is 0 Å². The average molecular weight is 207 g/mol. The Kier molecular flexibility index (Phi) is 3.99. The van der Waals surface area contributed by atoms with Crippen LogP contribution in [-0.4, -0.2) is 37.1 Å². The van der Waals surface area contributed by atoms with E-state index >= 15 is 0 Å². The number of hydrogen-bond donors (Lipinski definition) is 1. The van der Waals surface area contributed by atoms with Gasteiger partial charge >= 0.3 is 0 Å². The fourth-order valence-corrected chi connectivity index (χ4v) is 2.90. The summed E-state index contributed by atoms with van der Waals surface area (Å²) in [7, 11) is 0. The zero-order valence-electron chi connectivity index (χ0n) is 9.41. The van der Waals surface area contributed by atoms with Gasteiger partial charge in [0.1, 0.15) is 6.04 Å². The Bertz CT molecular complexity index is 204. The summed E-state index contributed by atoms with van der Waals surface area (Å²) in [6.45, 7) is 4.19. The molecule has 0 aromatic rings. The molecule has 0 aromatic carbocycles. The van der Waals surface area contributed by atoms with Crippen LogP contribution < -0.4 is 5.32 Å². The van der Waals surface area contributed by atoms with Gasteiger partial charge in [0.05, 0.1) is 6.07 Å². The molecule has 1 N–H and O–H groups in total. The van der Waals surface area contributed by atoms with Gasteiger partial charge in [-0.2, -0.15) is 5.26 Å². The summed E-state index contributed by atoms with van der Waals surface area (Å²) in [5.41, 5.74) is 0. The first-order valence-electron chi connectivity index (χ1n) is 6.26. The molecule has 1 aliphatic heterocycles. The second kappa shape index (κ2) is 5.48. The minimum absolute atomic E-state index is 0.187. The van der Waals surface area contributed by atoms with Crippen LogP contribution in [0.2, 0.25) is 0 Å². The van der Waals surface area contributed by atoms with Gasteiger partial charge in [0.15, 0.2) is 0 Å². The molecule has 1 atom stereocenters. The van der Waals surface area contributed by atoms with Crippen molar-refractivity contribution in [2.24, 2.45) is 5.92 Å². The van der Waals surface area contributed by atoms with E-state index in [4.69, 9.17) is 0 Å². The summed E-state index contributed by atoms with van der Waals surface area (Å²) in [6.07, 6.45) is 6.56. The first-order chi connectivity index (χ1) is 7.42. The van der Waals surface area contributed by atoms with Gasteiger partial charge in [0.25, 0.3) is 0 Å². The third-order valence-corrected chi connectivity index (χ3v) is 3.77. The van der Waals surface area contributed by atoms with Crippen LogP contribution in [0.15, 0.2) is 0 Å². The third-order valence-electron chi connectivity index (χ3n) is 3.77. The molecule has 1 heterocycles. The highest BCUT2D eigenvalue weighted by Gasteiger charge is 2.29. The minimum Gasteiger partial charge on any atom is -0.314 e. The van der Waals surface area contributed by atoms with Gasteiger partial charge in [-0.25, -0.2) is 0 Å². The van der Waals surface area contributed by atoms with Crippen molar-refractivity contribution in [1.29, 1.82) is 5.26 Å². The fourth-order valence-electron chi connectivity index (χ4n) is 2.90. The summed E-state index contributed by atoms with van der Waals surface area (Å²) >= 11 is 0. The Morgan fingerprint density at radius 1 is 1.13 bits per heavy atom. The molecule has 1 saturated carbocycles. The van der Waals surface area contributed by atoms with Crippen molar-refractivity contribution in [2.45, 2.75) is 38.1 Å². The van der Waals surface area contributed by atoms with Crippen molar-refractivity contribution in [1.82, 2.24) is 10.2 Å². The summed E-state index contributed by atoms with van der Waals surface area (Å²) in [5.74, 6) is 0.641. The average Bonchev–Trinajstić information content (AvgIpc) is 2.33. The van der Waals surface area contributed by atoms with E-state index < -0.39 is 0 Å². The Labute approximate surface area is 92.4 Å². The molecule has 2 aliphatic rings. The van der Waals surface area contributed by atoms with Gasteiger partial charge in [-0.1, -0.05) is 19.3 Å². The number of hydrogen-bond acceptors (Lipinski definition) is 3. The van der Waals surface area contributed by atoms with E-state index in [2.05, 4.69) is 16.3 Å². The molecule has 1 aliphatic carbocycles. The molecule has 84 valence electrons. The summed E-state index contributed by atoms with van der Waals surface area (Å²) in [6, 6.07) is 2.73. The maximum absolute atomic E-state index is 9.32. The first kappa shape index (κ1) is 10.9. The SMILES string of the molecule is N#CC(C1CCCCC1)N1CCNCC1. The smallest absolute Gasteiger partial charge is 0.101 e. The number of nitriles is 1. The number of piperazine rings is 1. The maximum Gasteiger partial charge on any atom is 0.101 e. The van der Waals surface area contributed by atoms with Crippen LogP contribution in [-0.2, 0) is 0 Å². The van der Waals surface area contributed by atoms with Crippen molar-refractivity contribution in [2.75, 3.05) is 26.2 Å². The van der Waals surface area contributed by atoms with Crippen molar-refractivity contribution >= 4 is 0 Å². The Hall–Kier alpha value is -0.590. The lowest BCUT2D eigenvalue weighted by atomic mass is 9.83. The minimum atomic E-state index is 0.187. The first-order valence-corrected chi connectivity index (χ1v) is 6.26. The molecule has 3 nitrogen and oxygen atoms in total. The van der Waals surface area contributed by atoms with Crippen LogP contribution >= 0.6 is 0 Å². The van der Waals surface area contributed by atoms with Crippen LogP contribution in [0.25, 0.3) is 0 Å². The molecule has 0 spiro atoms. The van der Waals surface area contributed by atoms with E-state index in [1.54, 1.807) is 0 Å².